The quantitative estimate of drug-likeness (QED) is 0.234. The normalized spacial score (nSPS) is 21.2. The number of anilines is 1. The second-order valence-electron chi connectivity index (χ2n) is 12.6. The van der Waals surface area contributed by atoms with Crippen molar-refractivity contribution < 1.29 is 23.4 Å². The van der Waals surface area contributed by atoms with Crippen LogP contribution in [0.25, 0.3) is 32.8 Å². The summed E-state index contributed by atoms with van der Waals surface area (Å²) >= 11 is 6.81. The minimum Gasteiger partial charge on any atom is -0.492 e. The van der Waals surface area contributed by atoms with E-state index in [4.69, 9.17) is 35.8 Å². The molecule has 7 rings (SSSR count). The van der Waals surface area contributed by atoms with Gasteiger partial charge in [-0.1, -0.05) is 48.5 Å². The fraction of sp³-hybridized carbons (Fsp3) is 0.389. The van der Waals surface area contributed by atoms with E-state index in [1.165, 1.54) is 4.90 Å². The zero-order valence-electron chi connectivity index (χ0n) is 26.9. The maximum atomic E-state index is 14.0. The molecule has 4 aromatic rings. The lowest BCUT2D eigenvalue weighted by Crippen LogP contribution is -2.55. The monoisotopic (exact) mass is 670 g/mol. The lowest BCUT2D eigenvalue weighted by Gasteiger charge is -2.41. The van der Waals surface area contributed by atoms with Crippen molar-refractivity contribution in [3.05, 3.63) is 65.5 Å². The van der Waals surface area contributed by atoms with E-state index < -0.39 is 17.8 Å². The van der Waals surface area contributed by atoms with E-state index in [-0.39, 0.29) is 37.7 Å². The Hall–Kier alpha value is -4.50. The van der Waals surface area contributed by atoms with E-state index in [9.17, 15) is 14.4 Å². The number of likely N-dealkylation sites (tertiary alicyclic amines) is 1. The Morgan fingerprint density at radius 2 is 1.92 bits per heavy atom. The van der Waals surface area contributed by atoms with Gasteiger partial charge in [0.1, 0.15) is 23.8 Å². The second kappa shape index (κ2) is 13.2. The van der Waals surface area contributed by atoms with Crippen LogP contribution in [0.15, 0.2) is 54.9 Å². The molecule has 1 aromatic heterocycles. The van der Waals surface area contributed by atoms with Gasteiger partial charge in [0.25, 0.3) is 5.91 Å². The van der Waals surface area contributed by atoms with Crippen LogP contribution >= 0.6 is 11.6 Å². The molecule has 0 N–H and O–H groups in total. The molecular formula is C36H36ClFN6O4. The molecule has 0 saturated carbocycles. The van der Waals surface area contributed by atoms with Gasteiger partial charge in [-0.05, 0) is 48.5 Å². The highest BCUT2D eigenvalue weighted by Gasteiger charge is 2.37. The van der Waals surface area contributed by atoms with E-state index in [1.807, 2.05) is 42.3 Å². The number of piperazine rings is 1. The van der Waals surface area contributed by atoms with Crippen LogP contribution in [-0.4, -0.2) is 97.4 Å². The van der Waals surface area contributed by atoms with E-state index in [0.717, 1.165) is 45.7 Å². The Morgan fingerprint density at radius 1 is 1.12 bits per heavy atom. The first-order chi connectivity index (χ1) is 23.3. The van der Waals surface area contributed by atoms with Gasteiger partial charge in [-0.25, -0.2) is 4.39 Å². The molecule has 0 spiro atoms. The van der Waals surface area contributed by atoms with Crippen LogP contribution in [0.1, 0.15) is 18.4 Å². The maximum absolute atomic E-state index is 14.0. The largest absolute Gasteiger partial charge is 0.492 e. The van der Waals surface area contributed by atoms with Gasteiger partial charge in [0.15, 0.2) is 5.83 Å². The van der Waals surface area contributed by atoms with Crippen molar-refractivity contribution in [2.45, 2.75) is 37.5 Å². The third-order valence-electron chi connectivity index (χ3n) is 9.53. The number of nitriles is 1. The fourth-order valence-electron chi connectivity index (χ4n) is 7.29. The summed E-state index contributed by atoms with van der Waals surface area (Å²) in [6, 6.07) is 15.9. The van der Waals surface area contributed by atoms with Crippen LogP contribution in [0.5, 0.6) is 11.8 Å². The number of carbonyl (C=O) groups is 1. The number of likely N-dealkylation sites (N-methyl/N-ethyl adjacent to an activating group) is 1. The number of amides is 1. The molecule has 2 fully saturated rings. The highest BCUT2D eigenvalue weighted by atomic mass is 35.5. The summed E-state index contributed by atoms with van der Waals surface area (Å²) in [6.07, 6.45) is 1.17. The zero-order valence-corrected chi connectivity index (χ0v) is 27.7. The number of methoxy groups -OCH3 is 1. The van der Waals surface area contributed by atoms with Crippen LogP contribution in [0, 0.1) is 11.3 Å². The number of fused-ring (bicyclic) bond motifs is 4. The molecule has 0 bridgehead atoms. The molecule has 12 heteroatoms. The van der Waals surface area contributed by atoms with Crippen LogP contribution in [0.4, 0.5) is 10.2 Å². The predicted molar refractivity (Wildman–Crippen MR) is 182 cm³/mol. The number of ether oxygens (including phenoxy) is 3. The van der Waals surface area contributed by atoms with Crippen molar-refractivity contribution in [1.29, 1.82) is 5.26 Å². The number of nitrogens with zero attached hydrogens (tertiary/aromatic N) is 6. The molecule has 3 aromatic carbocycles. The fourth-order valence-corrected chi connectivity index (χ4v) is 7.57. The van der Waals surface area contributed by atoms with E-state index in [0.29, 0.717) is 48.3 Å². The number of hydrogen-bond acceptors (Lipinski definition) is 9. The predicted octanol–water partition coefficient (Wildman–Crippen LogP) is 5.55. The van der Waals surface area contributed by atoms with E-state index in [1.54, 1.807) is 7.11 Å². The van der Waals surface area contributed by atoms with Gasteiger partial charge in [-0.15, -0.1) is 0 Å². The SMILES string of the molecule is C=C(F)C(=O)N1CCN(c2nc(O[C@@H]3CN(C)C[C@H]3OC)nc3cc(-c4cccc5cccc(Cl)c45)c4c(c23)OCCC4)CC1CC#N. The molecule has 248 valence electrons. The summed E-state index contributed by atoms with van der Waals surface area (Å²) in [4.78, 5) is 28.2. The molecule has 3 atom stereocenters. The number of carbonyl (C=O) groups excluding carboxylic acids is 1. The van der Waals surface area contributed by atoms with Crippen LogP contribution in [0.3, 0.4) is 0 Å². The number of rotatable bonds is 7. The molecule has 10 nitrogen and oxygen atoms in total. The summed E-state index contributed by atoms with van der Waals surface area (Å²) < 4.78 is 32.7. The average Bonchev–Trinajstić information content (AvgIpc) is 3.45. The highest BCUT2D eigenvalue weighted by molar-refractivity contribution is 6.36. The smallest absolute Gasteiger partial charge is 0.319 e. The lowest BCUT2D eigenvalue weighted by atomic mass is 9.89. The summed E-state index contributed by atoms with van der Waals surface area (Å²) in [7, 11) is 3.68. The van der Waals surface area contributed by atoms with Crippen molar-refractivity contribution in [2.75, 3.05) is 58.4 Å². The number of benzene rings is 3. The third-order valence-corrected chi connectivity index (χ3v) is 9.84. The zero-order chi connectivity index (χ0) is 33.5. The standard InChI is InChI=1S/C36H36ClFN6O4/c1-21(38)35(45)44-15-14-43(18-23(44)12-13-39)34-32-28(40-36(41-34)48-30-20-42(2)19-29(30)46-3)17-26(25-10-6-16-47-33(25)32)24-9-4-7-22-8-5-11-27(37)31(22)24/h4-5,7-9,11,17,23,29-30H,1,6,10,12,14-16,18-20H2,2-3H3/t23?,29-,30-/m1/s1. The molecule has 1 amide bonds. The molecule has 3 aliphatic heterocycles. The Bertz CT molecular complexity index is 1960. The average molecular weight is 671 g/mol. The Morgan fingerprint density at radius 3 is 2.69 bits per heavy atom. The molecule has 48 heavy (non-hydrogen) atoms. The lowest BCUT2D eigenvalue weighted by molar-refractivity contribution is -0.131. The van der Waals surface area contributed by atoms with Crippen molar-refractivity contribution >= 4 is 45.0 Å². The summed E-state index contributed by atoms with van der Waals surface area (Å²) in [5.74, 6) is -0.582. The second-order valence-corrected chi connectivity index (χ2v) is 13.0. The van der Waals surface area contributed by atoms with Gasteiger partial charge in [0.05, 0.1) is 36.0 Å². The van der Waals surface area contributed by atoms with Gasteiger partial charge in [0.2, 0.25) is 0 Å². The summed E-state index contributed by atoms with van der Waals surface area (Å²) in [5, 5.41) is 13.0. The molecule has 3 aliphatic rings. The van der Waals surface area contributed by atoms with Crippen molar-refractivity contribution in [2.24, 2.45) is 0 Å². The molecule has 2 saturated heterocycles. The molecule has 0 radical (unpaired) electrons. The van der Waals surface area contributed by atoms with Gasteiger partial charge < -0.3 is 24.0 Å². The van der Waals surface area contributed by atoms with Crippen LogP contribution < -0.4 is 14.4 Å². The van der Waals surface area contributed by atoms with E-state index in [2.05, 4.69) is 29.7 Å². The van der Waals surface area contributed by atoms with Crippen LogP contribution in [-0.2, 0) is 16.0 Å². The van der Waals surface area contributed by atoms with Gasteiger partial charge in [0, 0.05) is 55.8 Å². The summed E-state index contributed by atoms with van der Waals surface area (Å²) in [6.45, 7) is 5.85. The highest BCUT2D eigenvalue weighted by Crippen LogP contribution is 2.46. The first-order valence-electron chi connectivity index (χ1n) is 16.1. The molecule has 1 unspecified atom stereocenters. The minimum atomic E-state index is -1.05. The molecule has 0 aliphatic carbocycles. The molecule has 4 heterocycles. The third kappa shape index (κ3) is 5.78. The van der Waals surface area contributed by atoms with Gasteiger partial charge in [-0.2, -0.15) is 15.2 Å². The Labute approximate surface area is 283 Å². The van der Waals surface area contributed by atoms with Crippen molar-refractivity contribution in [3.63, 3.8) is 0 Å². The van der Waals surface area contributed by atoms with Crippen molar-refractivity contribution in [1.82, 2.24) is 19.8 Å². The van der Waals surface area contributed by atoms with E-state index >= 15 is 0 Å². The first-order valence-corrected chi connectivity index (χ1v) is 16.5. The molecular weight excluding hydrogens is 635 g/mol. The number of aromatic nitrogens is 2. The van der Waals surface area contributed by atoms with Crippen LogP contribution in [0.2, 0.25) is 5.02 Å². The number of halogens is 2. The minimum absolute atomic E-state index is 0.0203. The topological polar surface area (TPSA) is 104 Å². The van der Waals surface area contributed by atoms with Gasteiger partial charge in [-0.3, -0.25) is 9.69 Å². The Kier molecular flexibility index (Phi) is 8.81. The number of hydrogen-bond donors (Lipinski definition) is 0. The Balaban J connectivity index is 1.42. The van der Waals surface area contributed by atoms with Gasteiger partial charge >= 0.3 is 6.01 Å². The van der Waals surface area contributed by atoms with Crippen molar-refractivity contribution in [3.8, 4) is 29.0 Å². The summed E-state index contributed by atoms with van der Waals surface area (Å²) in [5.41, 5.74) is 3.62. The maximum Gasteiger partial charge on any atom is 0.319 e. The first kappa shape index (κ1) is 32.1.